The summed E-state index contributed by atoms with van der Waals surface area (Å²) < 4.78 is 11.7. The predicted molar refractivity (Wildman–Crippen MR) is 62.1 cm³/mol. The predicted octanol–water partition coefficient (Wildman–Crippen LogP) is 3.68. The van der Waals surface area contributed by atoms with Gasteiger partial charge in [-0.3, -0.25) is 4.84 Å². The van der Waals surface area contributed by atoms with E-state index in [4.69, 9.17) is 0 Å². The van der Waals surface area contributed by atoms with E-state index in [1.165, 1.54) is 6.42 Å². The van der Waals surface area contributed by atoms with Gasteiger partial charge in [0.25, 0.3) is 0 Å². The molecule has 2 unspecified atom stereocenters. The standard InChI is InChI=1S/C10H20FNO.C2H6/c1-10(2,3)8-4-5-9(6-8)12-13-7-11;1-2/h8-9,12H,4-7H2,1-3H3;1-2H3. The van der Waals surface area contributed by atoms with Crippen molar-refractivity contribution in [1.82, 2.24) is 5.48 Å². The van der Waals surface area contributed by atoms with Crippen molar-refractivity contribution in [3.05, 3.63) is 0 Å². The summed E-state index contributed by atoms with van der Waals surface area (Å²) in [5.74, 6) is 0.730. The van der Waals surface area contributed by atoms with E-state index < -0.39 is 6.86 Å². The number of alkyl halides is 1. The highest BCUT2D eigenvalue weighted by molar-refractivity contribution is 4.85. The van der Waals surface area contributed by atoms with Crippen LogP contribution in [0.3, 0.4) is 0 Å². The molecule has 0 aliphatic heterocycles. The zero-order valence-electron chi connectivity index (χ0n) is 10.8. The quantitative estimate of drug-likeness (QED) is 0.731. The molecule has 1 N–H and O–H groups in total. The first-order valence-electron chi connectivity index (χ1n) is 5.97. The molecule has 1 aliphatic rings. The van der Waals surface area contributed by atoms with Crippen molar-refractivity contribution in [2.75, 3.05) is 6.86 Å². The summed E-state index contributed by atoms with van der Waals surface area (Å²) in [5.41, 5.74) is 3.13. The Hall–Kier alpha value is -0.150. The van der Waals surface area contributed by atoms with Gasteiger partial charge in [-0.05, 0) is 30.6 Å². The molecule has 0 aromatic rings. The van der Waals surface area contributed by atoms with E-state index in [0.717, 1.165) is 18.8 Å². The smallest absolute Gasteiger partial charge is 0.207 e. The molecule has 0 saturated heterocycles. The number of rotatable bonds is 3. The van der Waals surface area contributed by atoms with E-state index in [9.17, 15) is 4.39 Å². The molecule has 0 radical (unpaired) electrons. The summed E-state index contributed by atoms with van der Waals surface area (Å²) in [6.45, 7) is 10.0. The Labute approximate surface area is 93.5 Å². The molecular formula is C12H26FNO. The van der Waals surface area contributed by atoms with Crippen LogP contribution in [0.1, 0.15) is 53.9 Å². The topological polar surface area (TPSA) is 21.3 Å². The van der Waals surface area contributed by atoms with Gasteiger partial charge in [-0.1, -0.05) is 34.6 Å². The lowest BCUT2D eigenvalue weighted by Crippen LogP contribution is -2.28. The monoisotopic (exact) mass is 219 g/mol. The second kappa shape index (κ2) is 7.18. The molecule has 92 valence electrons. The third-order valence-corrected chi connectivity index (χ3v) is 2.96. The summed E-state index contributed by atoms with van der Waals surface area (Å²) in [5, 5.41) is 0. The second-order valence-electron chi connectivity index (χ2n) is 4.94. The van der Waals surface area contributed by atoms with Crippen LogP contribution >= 0.6 is 0 Å². The fourth-order valence-corrected chi connectivity index (χ4v) is 2.02. The van der Waals surface area contributed by atoms with Gasteiger partial charge in [-0.15, -0.1) is 0 Å². The van der Waals surface area contributed by atoms with Gasteiger partial charge in [0, 0.05) is 6.04 Å². The van der Waals surface area contributed by atoms with E-state index in [1.54, 1.807) is 0 Å². The Bertz CT molecular complexity index is 156. The van der Waals surface area contributed by atoms with Crippen LogP contribution < -0.4 is 5.48 Å². The van der Waals surface area contributed by atoms with Gasteiger partial charge < -0.3 is 0 Å². The zero-order chi connectivity index (χ0) is 11.9. The molecule has 0 aromatic carbocycles. The first-order chi connectivity index (χ1) is 7.04. The van der Waals surface area contributed by atoms with Crippen LogP contribution in [-0.2, 0) is 4.84 Å². The molecule has 1 aliphatic carbocycles. The lowest BCUT2D eigenvalue weighted by Gasteiger charge is -2.26. The van der Waals surface area contributed by atoms with Crippen LogP contribution in [-0.4, -0.2) is 12.9 Å². The molecule has 0 amide bonds. The van der Waals surface area contributed by atoms with Crippen LogP contribution in [0.2, 0.25) is 0 Å². The molecule has 2 nitrogen and oxygen atoms in total. The maximum Gasteiger partial charge on any atom is 0.207 e. The largest absolute Gasteiger partial charge is 0.268 e. The summed E-state index contributed by atoms with van der Waals surface area (Å²) in [6, 6.07) is 0.347. The SMILES string of the molecule is CC.CC(C)(C)C1CCC(NOCF)C1. The van der Waals surface area contributed by atoms with Crippen molar-refractivity contribution in [2.45, 2.75) is 59.9 Å². The molecule has 0 bridgehead atoms. The van der Waals surface area contributed by atoms with Gasteiger partial charge in [-0.25, -0.2) is 4.39 Å². The minimum Gasteiger partial charge on any atom is -0.268 e. The van der Waals surface area contributed by atoms with Crippen LogP contribution in [0.25, 0.3) is 0 Å². The fourth-order valence-electron chi connectivity index (χ4n) is 2.02. The fraction of sp³-hybridized carbons (Fsp3) is 1.00. The lowest BCUT2D eigenvalue weighted by atomic mass is 9.80. The maximum absolute atomic E-state index is 11.7. The van der Waals surface area contributed by atoms with Gasteiger partial charge in [0.15, 0.2) is 0 Å². The second-order valence-corrected chi connectivity index (χ2v) is 4.94. The molecule has 1 saturated carbocycles. The zero-order valence-corrected chi connectivity index (χ0v) is 10.8. The summed E-state index contributed by atoms with van der Waals surface area (Å²) in [7, 11) is 0. The molecule has 0 aromatic heterocycles. The van der Waals surface area contributed by atoms with Crippen molar-refractivity contribution in [1.29, 1.82) is 0 Å². The summed E-state index contributed by atoms with van der Waals surface area (Å²) in [6.07, 6.45) is 3.42. The number of hydroxylamine groups is 1. The molecule has 1 rings (SSSR count). The van der Waals surface area contributed by atoms with Gasteiger partial charge in [0.2, 0.25) is 6.86 Å². The summed E-state index contributed by atoms with van der Waals surface area (Å²) in [4.78, 5) is 4.56. The number of nitrogens with one attached hydrogen (secondary N) is 1. The Morgan fingerprint density at radius 3 is 2.27 bits per heavy atom. The number of hydrogen-bond acceptors (Lipinski definition) is 2. The first-order valence-corrected chi connectivity index (χ1v) is 5.97. The van der Waals surface area contributed by atoms with Crippen LogP contribution in [0, 0.1) is 11.3 Å². The minimum atomic E-state index is -0.739. The number of hydrogen-bond donors (Lipinski definition) is 1. The van der Waals surface area contributed by atoms with E-state index in [-0.39, 0.29) is 0 Å². The molecule has 3 heteroatoms. The molecule has 15 heavy (non-hydrogen) atoms. The van der Waals surface area contributed by atoms with Crippen molar-refractivity contribution in [2.24, 2.45) is 11.3 Å². The molecule has 0 spiro atoms. The van der Waals surface area contributed by atoms with Crippen molar-refractivity contribution in [3.63, 3.8) is 0 Å². The Morgan fingerprint density at radius 2 is 1.87 bits per heavy atom. The highest BCUT2D eigenvalue weighted by Crippen LogP contribution is 2.39. The van der Waals surface area contributed by atoms with Crippen molar-refractivity contribution in [3.8, 4) is 0 Å². The van der Waals surface area contributed by atoms with E-state index in [1.807, 2.05) is 13.8 Å². The summed E-state index contributed by atoms with van der Waals surface area (Å²) >= 11 is 0. The van der Waals surface area contributed by atoms with E-state index in [0.29, 0.717) is 11.5 Å². The Morgan fingerprint density at radius 1 is 1.27 bits per heavy atom. The first kappa shape index (κ1) is 14.8. The normalized spacial score (nSPS) is 26.0. The maximum atomic E-state index is 11.7. The molecule has 2 atom stereocenters. The van der Waals surface area contributed by atoms with Crippen molar-refractivity contribution < 1.29 is 9.23 Å². The number of halogens is 1. The average Bonchev–Trinajstić information content (AvgIpc) is 2.65. The van der Waals surface area contributed by atoms with Crippen molar-refractivity contribution >= 4 is 0 Å². The molecule has 1 fully saturated rings. The van der Waals surface area contributed by atoms with Gasteiger partial charge in [0.05, 0.1) is 0 Å². The average molecular weight is 219 g/mol. The highest BCUT2D eigenvalue weighted by atomic mass is 19.1. The van der Waals surface area contributed by atoms with Gasteiger partial charge in [-0.2, -0.15) is 5.48 Å². The third-order valence-electron chi connectivity index (χ3n) is 2.96. The van der Waals surface area contributed by atoms with E-state index >= 15 is 0 Å². The minimum absolute atomic E-state index is 0.347. The van der Waals surface area contributed by atoms with Crippen LogP contribution in [0.5, 0.6) is 0 Å². The highest BCUT2D eigenvalue weighted by Gasteiger charge is 2.32. The third kappa shape index (κ3) is 5.47. The van der Waals surface area contributed by atoms with Gasteiger partial charge >= 0.3 is 0 Å². The Kier molecular flexibility index (Phi) is 7.11. The lowest BCUT2D eigenvalue weighted by molar-refractivity contribution is -0.0353. The van der Waals surface area contributed by atoms with Crippen LogP contribution in [0.15, 0.2) is 0 Å². The molecule has 0 heterocycles. The van der Waals surface area contributed by atoms with Crippen LogP contribution in [0.4, 0.5) is 4.39 Å². The van der Waals surface area contributed by atoms with E-state index in [2.05, 4.69) is 31.1 Å². The Balaban J connectivity index is 0.000000921. The molecular weight excluding hydrogens is 193 g/mol. The van der Waals surface area contributed by atoms with Gasteiger partial charge in [0.1, 0.15) is 0 Å².